The highest BCUT2D eigenvalue weighted by molar-refractivity contribution is 7.10. The molecule has 0 saturated heterocycles. The normalized spacial score (nSPS) is 21.2. The topological polar surface area (TPSA) is 33.2 Å². The van der Waals surface area contributed by atoms with Crippen LogP contribution in [0.2, 0.25) is 5.15 Å². The van der Waals surface area contributed by atoms with Crippen LogP contribution < -0.4 is 0 Å². The van der Waals surface area contributed by atoms with E-state index >= 15 is 0 Å². The molecule has 0 radical (unpaired) electrons. The average Bonchev–Trinajstić information content (AvgIpc) is 3.22. The van der Waals surface area contributed by atoms with Crippen LogP contribution in [0.4, 0.5) is 0 Å². The number of hydrogen-bond acceptors (Lipinski definition) is 3. The second kappa shape index (κ2) is 5.11. The lowest BCUT2D eigenvalue weighted by atomic mass is 9.95. The molecule has 0 N–H and O–H groups in total. The van der Waals surface area contributed by atoms with Crippen molar-refractivity contribution in [3.63, 3.8) is 0 Å². The number of fused-ring (bicyclic) bond motifs is 1. The summed E-state index contributed by atoms with van der Waals surface area (Å²) in [6.45, 7) is 0.799. The van der Waals surface area contributed by atoms with E-state index in [0.29, 0.717) is 16.6 Å². The first-order chi connectivity index (χ1) is 10.2. The molecule has 0 spiro atoms. The molecule has 1 amide bonds. The van der Waals surface area contributed by atoms with E-state index in [-0.39, 0.29) is 11.9 Å². The van der Waals surface area contributed by atoms with Gasteiger partial charge in [-0.25, -0.2) is 4.98 Å². The lowest BCUT2D eigenvalue weighted by molar-refractivity contribution is 0.0637. The van der Waals surface area contributed by atoms with Crippen LogP contribution in [-0.2, 0) is 6.42 Å². The van der Waals surface area contributed by atoms with Crippen LogP contribution in [0.25, 0.3) is 0 Å². The Bertz CT molecular complexity index is 695. The zero-order chi connectivity index (χ0) is 14.4. The minimum Gasteiger partial charge on any atom is -0.331 e. The summed E-state index contributed by atoms with van der Waals surface area (Å²) < 4.78 is 0. The van der Waals surface area contributed by atoms with E-state index < -0.39 is 0 Å². The summed E-state index contributed by atoms with van der Waals surface area (Å²) in [6, 6.07) is 5.86. The number of halogens is 1. The SMILES string of the molecule is O=C(c1ccnc(Cl)c1)N1CCc2sccc2C1C1CC1. The molecule has 4 rings (SSSR count). The zero-order valence-electron chi connectivity index (χ0n) is 11.5. The molecule has 1 atom stereocenters. The number of hydrogen-bond donors (Lipinski definition) is 0. The average molecular weight is 319 g/mol. The number of nitrogens with zero attached hydrogens (tertiary/aromatic N) is 2. The number of carbonyl (C=O) groups is 1. The Labute approximate surface area is 132 Å². The minimum atomic E-state index is 0.0769. The van der Waals surface area contributed by atoms with Crippen LogP contribution >= 0.6 is 22.9 Å². The summed E-state index contributed by atoms with van der Waals surface area (Å²) >= 11 is 7.74. The van der Waals surface area contributed by atoms with Crippen LogP contribution in [0.3, 0.4) is 0 Å². The van der Waals surface area contributed by atoms with Gasteiger partial charge in [0.2, 0.25) is 0 Å². The number of carbonyl (C=O) groups excluding carboxylic acids is 1. The second-order valence-corrected chi connectivity index (χ2v) is 7.09. The van der Waals surface area contributed by atoms with Gasteiger partial charge in [-0.2, -0.15) is 0 Å². The number of pyridine rings is 1. The zero-order valence-corrected chi connectivity index (χ0v) is 13.0. The van der Waals surface area contributed by atoms with E-state index in [1.807, 2.05) is 16.2 Å². The van der Waals surface area contributed by atoms with Crippen molar-refractivity contribution in [2.45, 2.75) is 25.3 Å². The molecule has 1 aliphatic heterocycles. The third-order valence-corrected chi connectivity index (χ3v) is 5.52. The fourth-order valence-corrected chi connectivity index (χ4v) is 4.28. The predicted molar refractivity (Wildman–Crippen MR) is 83.8 cm³/mol. The molecule has 21 heavy (non-hydrogen) atoms. The highest BCUT2D eigenvalue weighted by atomic mass is 35.5. The van der Waals surface area contributed by atoms with Crippen LogP contribution in [-0.4, -0.2) is 22.3 Å². The summed E-state index contributed by atoms with van der Waals surface area (Å²) in [7, 11) is 0. The Morgan fingerprint density at radius 1 is 1.38 bits per heavy atom. The Morgan fingerprint density at radius 3 is 3.00 bits per heavy atom. The van der Waals surface area contributed by atoms with Gasteiger partial charge < -0.3 is 4.90 Å². The first-order valence-electron chi connectivity index (χ1n) is 7.23. The number of thiophene rings is 1. The van der Waals surface area contributed by atoms with Crippen molar-refractivity contribution in [3.8, 4) is 0 Å². The molecule has 1 saturated carbocycles. The predicted octanol–water partition coefficient (Wildman–Crippen LogP) is 3.95. The lowest BCUT2D eigenvalue weighted by Gasteiger charge is -2.36. The summed E-state index contributed by atoms with van der Waals surface area (Å²) in [5.74, 6) is 0.702. The largest absolute Gasteiger partial charge is 0.331 e. The maximum absolute atomic E-state index is 12.9. The maximum atomic E-state index is 12.9. The van der Waals surface area contributed by atoms with E-state index in [4.69, 9.17) is 11.6 Å². The van der Waals surface area contributed by atoms with Crippen molar-refractivity contribution in [1.29, 1.82) is 0 Å². The van der Waals surface area contributed by atoms with Gasteiger partial charge in [0.1, 0.15) is 5.15 Å². The quantitative estimate of drug-likeness (QED) is 0.786. The van der Waals surface area contributed by atoms with Gasteiger partial charge in [-0.15, -0.1) is 11.3 Å². The van der Waals surface area contributed by atoms with Crippen LogP contribution in [0, 0.1) is 5.92 Å². The second-order valence-electron chi connectivity index (χ2n) is 5.70. The van der Waals surface area contributed by atoms with Gasteiger partial charge >= 0.3 is 0 Å². The van der Waals surface area contributed by atoms with E-state index in [0.717, 1.165) is 13.0 Å². The van der Waals surface area contributed by atoms with Crippen molar-refractivity contribution in [1.82, 2.24) is 9.88 Å². The fraction of sp³-hybridized carbons (Fsp3) is 0.375. The third-order valence-electron chi connectivity index (χ3n) is 4.32. The Hall–Kier alpha value is -1.39. The van der Waals surface area contributed by atoms with Crippen LogP contribution in [0.1, 0.15) is 39.7 Å². The molecule has 0 aromatic carbocycles. The summed E-state index contributed by atoms with van der Waals surface area (Å²) in [5.41, 5.74) is 2.00. The van der Waals surface area contributed by atoms with E-state index in [1.165, 1.54) is 23.3 Å². The molecule has 2 aliphatic rings. The van der Waals surface area contributed by atoms with Gasteiger partial charge in [0.15, 0.2) is 0 Å². The summed E-state index contributed by atoms with van der Waals surface area (Å²) in [4.78, 5) is 20.3. The molecule has 2 aromatic rings. The van der Waals surface area contributed by atoms with Crippen molar-refractivity contribution in [3.05, 3.63) is 50.9 Å². The smallest absolute Gasteiger partial charge is 0.254 e. The number of rotatable bonds is 2. The molecule has 2 aromatic heterocycles. The van der Waals surface area contributed by atoms with E-state index in [1.54, 1.807) is 18.3 Å². The molecule has 1 fully saturated rings. The van der Waals surface area contributed by atoms with E-state index in [9.17, 15) is 4.79 Å². The van der Waals surface area contributed by atoms with Gasteiger partial charge in [0, 0.05) is 23.2 Å². The molecule has 5 heteroatoms. The molecular weight excluding hydrogens is 304 g/mol. The molecule has 1 unspecified atom stereocenters. The van der Waals surface area contributed by atoms with Gasteiger partial charge in [-0.05, 0) is 54.3 Å². The van der Waals surface area contributed by atoms with Gasteiger partial charge in [0.25, 0.3) is 5.91 Å². The van der Waals surface area contributed by atoms with Gasteiger partial charge in [-0.1, -0.05) is 11.6 Å². The highest BCUT2D eigenvalue weighted by Gasteiger charge is 2.42. The van der Waals surface area contributed by atoms with Crippen molar-refractivity contribution in [2.24, 2.45) is 5.92 Å². The Morgan fingerprint density at radius 2 is 2.24 bits per heavy atom. The van der Waals surface area contributed by atoms with E-state index in [2.05, 4.69) is 16.4 Å². The molecule has 1 aliphatic carbocycles. The molecule has 3 heterocycles. The van der Waals surface area contributed by atoms with Crippen LogP contribution in [0.5, 0.6) is 0 Å². The fourth-order valence-electron chi connectivity index (χ4n) is 3.20. The Kier molecular flexibility index (Phi) is 3.23. The summed E-state index contributed by atoms with van der Waals surface area (Å²) in [5, 5.41) is 2.52. The molecule has 3 nitrogen and oxygen atoms in total. The van der Waals surface area contributed by atoms with Crippen LogP contribution in [0.15, 0.2) is 29.8 Å². The monoisotopic (exact) mass is 318 g/mol. The number of aromatic nitrogens is 1. The molecular formula is C16H15ClN2OS. The minimum absolute atomic E-state index is 0.0769. The molecule has 0 bridgehead atoms. The summed E-state index contributed by atoms with van der Waals surface area (Å²) in [6.07, 6.45) is 5.00. The first-order valence-corrected chi connectivity index (χ1v) is 8.48. The number of amides is 1. The standard InChI is InChI=1S/C16H15ClN2OS/c17-14-9-11(3-6-18-14)16(20)19-7-4-13-12(5-8-21-13)15(19)10-1-2-10/h3,5-6,8-10,15H,1-2,4,7H2. The Balaban J connectivity index is 1.69. The van der Waals surface area contributed by atoms with Crippen molar-refractivity contribution >= 4 is 28.8 Å². The van der Waals surface area contributed by atoms with Crippen molar-refractivity contribution in [2.75, 3.05) is 6.54 Å². The van der Waals surface area contributed by atoms with Gasteiger partial charge in [-0.3, -0.25) is 4.79 Å². The molecule has 108 valence electrons. The maximum Gasteiger partial charge on any atom is 0.254 e. The van der Waals surface area contributed by atoms with Gasteiger partial charge in [0.05, 0.1) is 6.04 Å². The lowest BCUT2D eigenvalue weighted by Crippen LogP contribution is -2.40. The van der Waals surface area contributed by atoms with Crippen molar-refractivity contribution < 1.29 is 4.79 Å². The highest BCUT2D eigenvalue weighted by Crippen LogP contribution is 2.48. The first kappa shape index (κ1) is 13.3. The third kappa shape index (κ3) is 2.36.